The summed E-state index contributed by atoms with van der Waals surface area (Å²) < 4.78 is 7.00. The van der Waals surface area contributed by atoms with Gasteiger partial charge in [-0.25, -0.2) is 14.5 Å². The van der Waals surface area contributed by atoms with Crippen LogP contribution in [0.5, 0.6) is 0 Å². The van der Waals surface area contributed by atoms with Gasteiger partial charge in [0.2, 0.25) is 0 Å². The van der Waals surface area contributed by atoms with Crippen molar-refractivity contribution in [2.24, 2.45) is 0 Å². The highest BCUT2D eigenvalue weighted by Gasteiger charge is 2.21. The molecule has 2 N–H and O–H groups in total. The minimum absolute atomic E-state index is 0.0290. The summed E-state index contributed by atoms with van der Waals surface area (Å²) in [7, 11) is 1.76. The molecule has 6 rings (SSSR count). The monoisotopic (exact) mass is 483 g/mol. The van der Waals surface area contributed by atoms with E-state index in [1.807, 2.05) is 18.2 Å². The number of anilines is 2. The van der Waals surface area contributed by atoms with Crippen LogP contribution in [0.3, 0.4) is 0 Å². The number of nitrogens with one attached hydrogen (secondary N) is 2. The minimum atomic E-state index is -0.0290. The second-order valence-electron chi connectivity index (χ2n) is 9.40. The molecule has 4 heterocycles. The van der Waals surface area contributed by atoms with Crippen LogP contribution in [0.25, 0.3) is 16.9 Å². The zero-order valence-corrected chi connectivity index (χ0v) is 20.3. The largest absolute Gasteiger partial charge is 0.383 e. The lowest BCUT2D eigenvalue weighted by molar-refractivity contribution is 0.0965. The van der Waals surface area contributed by atoms with Gasteiger partial charge < -0.3 is 20.3 Å². The third-order valence-electron chi connectivity index (χ3n) is 7.23. The van der Waals surface area contributed by atoms with E-state index in [4.69, 9.17) is 4.74 Å². The average Bonchev–Trinajstić information content (AvgIpc) is 3.56. The topological polar surface area (TPSA) is 96.7 Å². The maximum absolute atomic E-state index is 11.9. The smallest absolute Gasteiger partial charge is 0.251 e. The van der Waals surface area contributed by atoms with Crippen molar-refractivity contribution < 1.29 is 9.53 Å². The summed E-state index contributed by atoms with van der Waals surface area (Å²) >= 11 is 0. The molecule has 0 spiro atoms. The Morgan fingerprint density at radius 3 is 2.75 bits per heavy atom. The highest BCUT2D eigenvalue weighted by Crippen LogP contribution is 2.30. The third-order valence-corrected chi connectivity index (χ3v) is 7.23. The summed E-state index contributed by atoms with van der Waals surface area (Å²) in [6.45, 7) is 4.58. The van der Waals surface area contributed by atoms with Gasteiger partial charge in [0.15, 0.2) is 11.5 Å². The van der Waals surface area contributed by atoms with E-state index < -0.39 is 0 Å². The molecule has 1 saturated heterocycles. The Morgan fingerprint density at radius 1 is 1.11 bits per heavy atom. The van der Waals surface area contributed by atoms with E-state index in [9.17, 15) is 4.79 Å². The van der Waals surface area contributed by atoms with Crippen LogP contribution in [-0.2, 0) is 11.3 Å². The molecule has 184 valence electrons. The van der Waals surface area contributed by atoms with Gasteiger partial charge in [-0.2, -0.15) is 5.10 Å². The third kappa shape index (κ3) is 4.31. The maximum Gasteiger partial charge on any atom is 0.251 e. The first-order chi connectivity index (χ1) is 17.7. The molecule has 9 nitrogen and oxygen atoms in total. The number of ether oxygens (including phenoxy) is 1. The van der Waals surface area contributed by atoms with Gasteiger partial charge in [0.05, 0.1) is 18.5 Å². The number of aromatic nitrogens is 4. The molecule has 2 aliphatic heterocycles. The van der Waals surface area contributed by atoms with E-state index in [1.54, 1.807) is 17.8 Å². The quantitative estimate of drug-likeness (QED) is 0.415. The molecular formula is C27H29N7O2. The summed E-state index contributed by atoms with van der Waals surface area (Å²) in [5, 5.41) is 10.7. The number of amides is 1. The van der Waals surface area contributed by atoms with Crippen molar-refractivity contribution in [3.8, 4) is 11.3 Å². The first-order valence-electron chi connectivity index (χ1n) is 12.4. The molecule has 2 aliphatic rings. The number of benzene rings is 2. The number of hydrogen-bond acceptors (Lipinski definition) is 7. The van der Waals surface area contributed by atoms with Crippen LogP contribution in [0.2, 0.25) is 0 Å². The molecule has 0 radical (unpaired) electrons. The molecule has 36 heavy (non-hydrogen) atoms. The zero-order chi connectivity index (χ0) is 24.5. The Morgan fingerprint density at radius 2 is 1.94 bits per heavy atom. The fourth-order valence-electron chi connectivity index (χ4n) is 5.18. The van der Waals surface area contributed by atoms with Crippen LogP contribution in [0.4, 0.5) is 11.5 Å². The van der Waals surface area contributed by atoms with Crippen molar-refractivity contribution in [2.45, 2.75) is 25.3 Å². The molecule has 1 fully saturated rings. The van der Waals surface area contributed by atoms with Crippen LogP contribution in [0.15, 0.2) is 55.0 Å². The predicted octanol–water partition coefficient (Wildman–Crippen LogP) is 3.60. The van der Waals surface area contributed by atoms with Crippen molar-refractivity contribution in [3.05, 3.63) is 71.7 Å². The Balaban J connectivity index is 1.18. The first-order valence-corrected chi connectivity index (χ1v) is 12.4. The molecule has 2 aromatic carbocycles. The fourth-order valence-corrected chi connectivity index (χ4v) is 5.18. The van der Waals surface area contributed by atoms with Crippen LogP contribution in [0.1, 0.15) is 40.2 Å². The minimum Gasteiger partial charge on any atom is -0.383 e. The van der Waals surface area contributed by atoms with Crippen LogP contribution < -0.4 is 10.6 Å². The molecule has 0 atom stereocenters. The van der Waals surface area contributed by atoms with Gasteiger partial charge in [0.1, 0.15) is 6.33 Å². The van der Waals surface area contributed by atoms with Gasteiger partial charge in [-0.15, -0.1) is 0 Å². The predicted molar refractivity (Wildman–Crippen MR) is 137 cm³/mol. The van der Waals surface area contributed by atoms with E-state index in [0.717, 1.165) is 54.3 Å². The van der Waals surface area contributed by atoms with Gasteiger partial charge in [0, 0.05) is 37.0 Å². The van der Waals surface area contributed by atoms with E-state index in [2.05, 4.69) is 54.9 Å². The number of likely N-dealkylation sites (tertiary alicyclic amines) is 1. The van der Waals surface area contributed by atoms with Crippen LogP contribution in [-0.4, -0.2) is 63.7 Å². The number of rotatable bonds is 7. The number of methoxy groups -OCH3 is 1. The molecule has 9 heteroatoms. The summed E-state index contributed by atoms with van der Waals surface area (Å²) in [5.74, 6) is 1.21. The highest BCUT2D eigenvalue weighted by atomic mass is 16.5. The summed E-state index contributed by atoms with van der Waals surface area (Å²) in [6.07, 6.45) is 5.67. The number of piperidine rings is 1. The molecule has 0 bridgehead atoms. The van der Waals surface area contributed by atoms with Gasteiger partial charge in [-0.3, -0.25) is 4.79 Å². The summed E-state index contributed by atoms with van der Waals surface area (Å²) in [5.41, 5.74) is 6.46. The van der Waals surface area contributed by atoms with Crippen molar-refractivity contribution in [3.63, 3.8) is 0 Å². The van der Waals surface area contributed by atoms with E-state index in [-0.39, 0.29) is 5.91 Å². The number of carbonyl (C=O) groups is 1. The lowest BCUT2D eigenvalue weighted by Gasteiger charge is -2.32. The Labute approximate surface area is 209 Å². The standard InChI is InChI=1S/C27H29N7O2/c1-36-13-12-33-10-8-19(9-11-33)18-2-5-22(6-3-18)32-25-26-30-17-31-34(26)24(16-28-25)20-4-7-23-21(14-20)15-29-27(23)35/h2-7,14,16-17,19H,8-13,15H2,1H3,(H,28,32)(H,29,35). The highest BCUT2D eigenvalue weighted by molar-refractivity contribution is 5.98. The van der Waals surface area contributed by atoms with E-state index >= 15 is 0 Å². The van der Waals surface area contributed by atoms with Gasteiger partial charge in [0.25, 0.3) is 5.91 Å². The molecular weight excluding hydrogens is 454 g/mol. The first kappa shape index (κ1) is 22.6. The van der Waals surface area contributed by atoms with E-state index in [0.29, 0.717) is 23.9 Å². The van der Waals surface area contributed by atoms with Crippen molar-refractivity contribution in [2.75, 3.05) is 38.7 Å². The summed E-state index contributed by atoms with van der Waals surface area (Å²) in [6, 6.07) is 14.4. The van der Waals surface area contributed by atoms with Crippen LogP contribution in [0, 0.1) is 0 Å². The fraction of sp³-hybridized carbons (Fsp3) is 0.333. The summed E-state index contributed by atoms with van der Waals surface area (Å²) in [4.78, 5) is 23.5. The number of hydrogen-bond donors (Lipinski definition) is 2. The maximum atomic E-state index is 11.9. The molecule has 0 aliphatic carbocycles. The number of carbonyl (C=O) groups excluding carboxylic acids is 1. The van der Waals surface area contributed by atoms with Crippen molar-refractivity contribution in [1.29, 1.82) is 0 Å². The number of nitrogens with zero attached hydrogens (tertiary/aromatic N) is 5. The second kappa shape index (κ2) is 9.67. The van der Waals surface area contributed by atoms with Gasteiger partial charge in [-0.1, -0.05) is 18.2 Å². The van der Waals surface area contributed by atoms with Gasteiger partial charge in [-0.05, 0) is 67.2 Å². The SMILES string of the molecule is COCCN1CCC(c2ccc(Nc3ncc(-c4ccc5c(c4)CNC5=O)n4ncnc34)cc2)CC1. The van der Waals surface area contributed by atoms with Crippen molar-refractivity contribution in [1.82, 2.24) is 29.8 Å². The van der Waals surface area contributed by atoms with Crippen molar-refractivity contribution >= 4 is 23.1 Å². The Kier molecular flexibility index (Phi) is 6.08. The second-order valence-corrected chi connectivity index (χ2v) is 9.40. The molecule has 1 amide bonds. The molecule has 4 aromatic rings. The Bertz CT molecular complexity index is 1390. The average molecular weight is 484 g/mol. The normalized spacial score (nSPS) is 16.3. The number of fused-ring (bicyclic) bond motifs is 2. The van der Waals surface area contributed by atoms with E-state index in [1.165, 1.54) is 24.7 Å². The lowest BCUT2D eigenvalue weighted by Crippen LogP contribution is -2.35. The lowest BCUT2D eigenvalue weighted by atomic mass is 9.89. The Hall–Kier alpha value is -3.82. The molecule has 2 aromatic heterocycles. The molecule has 0 unspecified atom stereocenters. The van der Waals surface area contributed by atoms with Gasteiger partial charge >= 0.3 is 0 Å². The van der Waals surface area contributed by atoms with Crippen LogP contribution >= 0.6 is 0 Å². The zero-order valence-electron chi connectivity index (χ0n) is 20.3. The molecule has 0 saturated carbocycles.